The fraction of sp³-hybridized carbons (Fsp3) is 0.933. The third-order valence-corrected chi connectivity index (χ3v) is 4.81. The summed E-state index contributed by atoms with van der Waals surface area (Å²) in [6.45, 7) is 7.17. The molecule has 1 amide bonds. The lowest BCUT2D eigenvalue weighted by molar-refractivity contribution is -0.139. The number of nitrogens with zero attached hydrogens (tertiary/aromatic N) is 1. The van der Waals surface area contributed by atoms with Crippen molar-refractivity contribution in [3.63, 3.8) is 0 Å². The van der Waals surface area contributed by atoms with Crippen molar-refractivity contribution in [2.45, 2.75) is 71.4 Å². The van der Waals surface area contributed by atoms with E-state index in [9.17, 15) is 9.90 Å². The molecule has 2 rings (SSSR count). The van der Waals surface area contributed by atoms with Gasteiger partial charge in [0.15, 0.2) is 0 Å². The summed E-state index contributed by atoms with van der Waals surface area (Å²) in [5, 5.41) is 9.90. The van der Waals surface area contributed by atoms with E-state index < -0.39 is 0 Å². The summed E-state index contributed by atoms with van der Waals surface area (Å²) in [6, 6.07) is 0.281. The number of amides is 1. The molecule has 1 saturated heterocycles. The summed E-state index contributed by atoms with van der Waals surface area (Å²) >= 11 is 0. The maximum Gasteiger partial charge on any atom is 0.228 e. The predicted molar refractivity (Wildman–Crippen MR) is 72.2 cm³/mol. The number of carbonyl (C=O) groups excluding carboxylic acids is 1. The maximum absolute atomic E-state index is 12.4. The topological polar surface area (TPSA) is 40.5 Å². The van der Waals surface area contributed by atoms with Gasteiger partial charge in [0.1, 0.15) is 0 Å². The van der Waals surface area contributed by atoms with Crippen LogP contribution in [0.25, 0.3) is 0 Å². The zero-order chi connectivity index (χ0) is 13.3. The van der Waals surface area contributed by atoms with Gasteiger partial charge in [-0.05, 0) is 38.0 Å². The first-order valence-electron chi connectivity index (χ1n) is 7.45. The molecular weight excluding hydrogens is 226 g/mol. The van der Waals surface area contributed by atoms with E-state index in [0.717, 1.165) is 32.2 Å². The second kappa shape index (κ2) is 5.20. The molecule has 3 heteroatoms. The lowest BCUT2D eigenvalue weighted by Gasteiger charge is -2.40. The normalized spacial score (nSPS) is 36.1. The molecule has 1 saturated carbocycles. The molecule has 104 valence electrons. The van der Waals surface area contributed by atoms with Crippen LogP contribution in [0.3, 0.4) is 0 Å². The largest absolute Gasteiger partial charge is 0.393 e. The van der Waals surface area contributed by atoms with Crippen LogP contribution in [0.4, 0.5) is 0 Å². The first kappa shape index (κ1) is 13.9. The molecule has 1 N–H and O–H groups in total. The average molecular weight is 253 g/mol. The molecular formula is C15H27NO2. The van der Waals surface area contributed by atoms with Crippen molar-refractivity contribution in [2.75, 3.05) is 6.54 Å². The van der Waals surface area contributed by atoms with Crippen LogP contribution < -0.4 is 0 Å². The van der Waals surface area contributed by atoms with Crippen LogP contribution in [0.15, 0.2) is 0 Å². The monoisotopic (exact) mass is 253 g/mol. The number of hydrogen-bond acceptors (Lipinski definition) is 2. The summed E-state index contributed by atoms with van der Waals surface area (Å²) < 4.78 is 0. The number of likely N-dealkylation sites (tertiary alicyclic amines) is 1. The number of hydrogen-bond donors (Lipinski definition) is 1. The zero-order valence-corrected chi connectivity index (χ0v) is 12.0. The van der Waals surface area contributed by atoms with E-state index in [1.54, 1.807) is 0 Å². The van der Waals surface area contributed by atoms with Gasteiger partial charge >= 0.3 is 0 Å². The van der Waals surface area contributed by atoms with E-state index in [1.165, 1.54) is 12.8 Å². The number of rotatable bonds is 3. The highest BCUT2D eigenvalue weighted by molar-refractivity contribution is 5.84. The van der Waals surface area contributed by atoms with Gasteiger partial charge in [-0.2, -0.15) is 0 Å². The molecule has 2 aliphatic rings. The highest BCUT2D eigenvalue weighted by Gasteiger charge is 2.44. The molecule has 0 aromatic rings. The Labute approximate surface area is 111 Å². The minimum absolute atomic E-state index is 0.195. The van der Waals surface area contributed by atoms with Crippen molar-refractivity contribution >= 4 is 5.91 Å². The van der Waals surface area contributed by atoms with Gasteiger partial charge in [0.25, 0.3) is 0 Å². The molecule has 0 bridgehead atoms. The molecule has 0 spiro atoms. The van der Waals surface area contributed by atoms with E-state index in [0.29, 0.717) is 11.8 Å². The minimum Gasteiger partial charge on any atom is -0.393 e. The van der Waals surface area contributed by atoms with Crippen LogP contribution in [0, 0.1) is 11.3 Å². The van der Waals surface area contributed by atoms with Gasteiger partial charge in [0.05, 0.1) is 6.10 Å². The van der Waals surface area contributed by atoms with Gasteiger partial charge in [-0.1, -0.05) is 27.2 Å². The molecule has 0 aromatic heterocycles. The molecule has 1 aliphatic heterocycles. The van der Waals surface area contributed by atoms with Crippen LogP contribution in [-0.2, 0) is 4.79 Å². The van der Waals surface area contributed by atoms with Crippen molar-refractivity contribution < 1.29 is 9.90 Å². The van der Waals surface area contributed by atoms with Crippen molar-refractivity contribution in [3.05, 3.63) is 0 Å². The van der Waals surface area contributed by atoms with Crippen LogP contribution >= 0.6 is 0 Å². The first-order valence-corrected chi connectivity index (χ1v) is 7.45. The van der Waals surface area contributed by atoms with Gasteiger partial charge in [-0.15, -0.1) is 0 Å². The van der Waals surface area contributed by atoms with E-state index in [4.69, 9.17) is 0 Å². The Morgan fingerprint density at radius 2 is 2.11 bits per heavy atom. The van der Waals surface area contributed by atoms with Crippen LogP contribution in [0.2, 0.25) is 0 Å². The molecule has 0 aromatic carbocycles. The fourth-order valence-corrected chi connectivity index (χ4v) is 3.59. The zero-order valence-electron chi connectivity index (χ0n) is 12.0. The van der Waals surface area contributed by atoms with Gasteiger partial charge < -0.3 is 10.0 Å². The molecule has 3 nitrogen and oxygen atoms in total. The van der Waals surface area contributed by atoms with Crippen LogP contribution in [0.1, 0.15) is 59.3 Å². The summed E-state index contributed by atoms with van der Waals surface area (Å²) in [7, 11) is 0. The Bertz CT molecular complexity index is 314. The Kier molecular flexibility index (Phi) is 4.00. The van der Waals surface area contributed by atoms with Crippen molar-refractivity contribution in [2.24, 2.45) is 11.3 Å². The van der Waals surface area contributed by atoms with Gasteiger partial charge in [0, 0.05) is 18.0 Å². The molecule has 3 atom stereocenters. The maximum atomic E-state index is 12.4. The molecule has 18 heavy (non-hydrogen) atoms. The number of aliphatic hydroxyl groups is 1. The van der Waals surface area contributed by atoms with Crippen molar-refractivity contribution in [1.29, 1.82) is 0 Å². The predicted octanol–water partition coefficient (Wildman–Crippen LogP) is 2.57. The minimum atomic E-state index is -0.209. The Morgan fingerprint density at radius 3 is 2.67 bits per heavy atom. The van der Waals surface area contributed by atoms with E-state index in [2.05, 4.69) is 11.8 Å². The van der Waals surface area contributed by atoms with Crippen molar-refractivity contribution in [3.8, 4) is 0 Å². The van der Waals surface area contributed by atoms with Gasteiger partial charge in [0.2, 0.25) is 5.91 Å². The Morgan fingerprint density at radius 1 is 1.39 bits per heavy atom. The summed E-state index contributed by atoms with van der Waals surface area (Å²) in [4.78, 5) is 14.5. The van der Waals surface area contributed by atoms with Crippen LogP contribution in [0.5, 0.6) is 0 Å². The second-order valence-electron chi connectivity index (χ2n) is 6.72. The summed E-state index contributed by atoms with van der Waals surface area (Å²) in [6.07, 6.45) is 5.87. The number of carbonyl (C=O) groups is 1. The Balaban J connectivity index is 2.11. The summed E-state index contributed by atoms with van der Waals surface area (Å²) in [5.41, 5.74) is -0.195. The van der Waals surface area contributed by atoms with E-state index in [1.807, 2.05) is 13.8 Å². The lowest BCUT2D eigenvalue weighted by Crippen LogP contribution is -2.47. The van der Waals surface area contributed by atoms with Crippen molar-refractivity contribution in [1.82, 2.24) is 4.90 Å². The quantitative estimate of drug-likeness (QED) is 0.840. The van der Waals surface area contributed by atoms with E-state index in [-0.39, 0.29) is 17.6 Å². The standard InChI is InChI=1S/C15H27NO2/c1-4-5-11-6-7-12(17)10-13(11)16-9-8-15(2,3)14(16)18/h11-13,17H,4-10H2,1-3H3. The van der Waals surface area contributed by atoms with Gasteiger partial charge in [-0.25, -0.2) is 0 Å². The SMILES string of the molecule is CCCC1CCC(O)CC1N1CCC(C)(C)C1=O. The smallest absolute Gasteiger partial charge is 0.228 e. The first-order chi connectivity index (χ1) is 8.45. The Hall–Kier alpha value is -0.570. The fourth-order valence-electron chi connectivity index (χ4n) is 3.59. The highest BCUT2D eigenvalue weighted by atomic mass is 16.3. The lowest BCUT2D eigenvalue weighted by atomic mass is 9.79. The molecule has 0 radical (unpaired) electrons. The third kappa shape index (κ3) is 2.56. The second-order valence-corrected chi connectivity index (χ2v) is 6.72. The molecule has 1 aliphatic carbocycles. The number of aliphatic hydroxyl groups excluding tert-OH is 1. The average Bonchev–Trinajstić information content (AvgIpc) is 2.57. The van der Waals surface area contributed by atoms with E-state index >= 15 is 0 Å². The van der Waals surface area contributed by atoms with Crippen LogP contribution in [-0.4, -0.2) is 34.6 Å². The van der Waals surface area contributed by atoms with Gasteiger partial charge in [-0.3, -0.25) is 4.79 Å². The molecule has 1 heterocycles. The third-order valence-electron chi connectivity index (χ3n) is 4.81. The summed E-state index contributed by atoms with van der Waals surface area (Å²) in [5.74, 6) is 0.888. The molecule has 3 unspecified atom stereocenters. The molecule has 2 fully saturated rings. The highest BCUT2D eigenvalue weighted by Crippen LogP contribution is 2.38.